The molecular formula is C10H36Cl4N8. The van der Waals surface area contributed by atoms with Gasteiger partial charge in [0.15, 0.2) is 0 Å². The maximum absolute atomic E-state index is 5.48. The van der Waals surface area contributed by atoms with Crippen LogP contribution in [0.2, 0.25) is 0 Å². The van der Waals surface area contributed by atoms with E-state index in [0.29, 0.717) is 26.2 Å². The Morgan fingerprint density at radius 1 is 0.455 bits per heavy atom. The van der Waals surface area contributed by atoms with Crippen LogP contribution in [-0.4, -0.2) is 52.4 Å². The largest absolute Gasteiger partial charge is 1.00 e. The molecule has 0 bridgehead atoms. The average molecular weight is 410 g/mol. The SMILES string of the molecule is NCC(CN)(C[NH3+])C[NH3+].NCC(CN)(C[NH3+])C[NH3+].[Cl-].[Cl-].[Cl-].[Cl-]. The average Bonchev–Trinajstić information content (AvgIpc) is 2.46. The number of nitrogens with two attached hydrogens (primary N) is 4. The minimum absolute atomic E-state index is 0. The monoisotopic (exact) mass is 408 g/mol. The lowest BCUT2D eigenvalue weighted by Crippen LogP contribution is -3.00. The molecule has 0 saturated heterocycles. The molecule has 0 rings (SSSR count). The third kappa shape index (κ3) is 13.3. The zero-order valence-electron chi connectivity index (χ0n) is 13.3. The van der Waals surface area contributed by atoms with E-state index in [1.807, 2.05) is 0 Å². The van der Waals surface area contributed by atoms with Gasteiger partial charge in [0.25, 0.3) is 0 Å². The van der Waals surface area contributed by atoms with Crippen molar-refractivity contribution in [2.24, 2.45) is 33.8 Å². The molecule has 0 unspecified atom stereocenters. The van der Waals surface area contributed by atoms with Crippen molar-refractivity contribution < 1.29 is 72.6 Å². The molecular weight excluding hydrogens is 374 g/mol. The minimum atomic E-state index is 0. The maximum atomic E-state index is 5.48. The number of quaternary nitrogens is 4. The molecule has 22 heavy (non-hydrogen) atoms. The second-order valence-electron chi connectivity index (χ2n) is 4.82. The fourth-order valence-electron chi connectivity index (χ4n) is 1.23. The van der Waals surface area contributed by atoms with E-state index in [2.05, 4.69) is 22.9 Å². The summed E-state index contributed by atoms with van der Waals surface area (Å²) in [6.45, 7) is 5.50. The Balaban J connectivity index is -0.0000000492. The van der Waals surface area contributed by atoms with E-state index < -0.39 is 0 Å². The minimum Gasteiger partial charge on any atom is -1.00 e. The van der Waals surface area contributed by atoms with Crippen LogP contribution < -0.4 is 95.5 Å². The van der Waals surface area contributed by atoms with Gasteiger partial charge in [-0.15, -0.1) is 0 Å². The van der Waals surface area contributed by atoms with Crippen molar-refractivity contribution in [3.63, 3.8) is 0 Å². The van der Waals surface area contributed by atoms with Crippen LogP contribution in [0.5, 0.6) is 0 Å². The number of halogens is 4. The van der Waals surface area contributed by atoms with E-state index in [1.54, 1.807) is 0 Å². The second kappa shape index (κ2) is 21.8. The molecule has 0 aromatic carbocycles. The summed E-state index contributed by atoms with van der Waals surface area (Å²) in [5.74, 6) is 0. The maximum Gasteiger partial charge on any atom is 0.0922 e. The Kier molecular flexibility index (Phi) is 38.1. The van der Waals surface area contributed by atoms with Gasteiger partial charge in [-0.25, -0.2) is 0 Å². The van der Waals surface area contributed by atoms with E-state index in [1.165, 1.54) is 0 Å². The van der Waals surface area contributed by atoms with Gasteiger partial charge in [0, 0.05) is 26.2 Å². The zero-order valence-corrected chi connectivity index (χ0v) is 16.3. The Morgan fingerprint density at radius 2 is 0.591 bits per heavy atom. The number of hydrogen-bond donors (Lipinski definition) is 8. The molecule has 0 aliphatic carbocycles. The topological polar surface area (TPSA) is 215 Å². The molecule has 0 aromatic rings. The Morgan fingerprint density at radius 3 is 0.591 bits per heavy atom. The smallest absolute Gasteiger partial charge is 0.0922 e. The highest BCUT2D eigenvalue weighted by Gasteiger charge is 2.28. The lowest BCUT2D eigenvalue weighted by Gasteiger charge is -2.22. The van der Waals surface area contributed by atoms with Crippen molar-refractivity contribution in [2.45, 2.75) is 0 Å². The number of rotatable bonds is 8. The van der Waals surface area contributed by atoms with Crippen LogP contribution in [0.3, 0.4) is 0 Å². The Bertz CT molecular complexity index is 139. The van der Waals surface area contributed by atoms with Crippen LogP contribution in [0.1, 0.15) is 0 Å². The predicted molar refractivity (Wildman–Crippen MR) is 72.1 cm³/mol. The van der Waals surface area contributed by atoms with Gasteiger partial charge in [0.1, 0.15) is 0 Å². The first kappa shape index (κ1) is 38.4. The van der Waals surface area contributed by atoms with Crippen LogP contribution in [0.15, 0.2) is 0 Å². The van der Waals surface area contributed by atoms with Gasteiger partial charge in [0.2, 0.25) is 0 Å². The van der Waals surface area contributed by atoms with Crippen LogP contribution >= 0.6 is 0 Å². The molecule has 8 nitrogen and oxygen atoms in total. The first-order chi connectivity index (χ1) is 8.49. The van der Waals surface area contributed by atoms with E-state index in [9.17, 15) is 0 Å². The van der Waals surface area contributed by atoms with Gasteiger partial charge in [-0.1, -0.05) is 0 Å². The van der Waals surface area contributed by atoms with Gasteiger partial charge >= 0.3 is 0 Å². The third-order valence-corrected chi connectivity index (χ3v) is 3.85. The van der Waals surface area contributed by atoms with Gasteiger partial charge in [-0.2, -0.15) is 0 Å². The standard InChI is InChI=1S/2C5H16N4.4ClH/c2*6-1-5(2-7,3-8)4-9;;;;/h2*1-4,6-9H2;4*1H. The Labute approximate surface area is 158 Å². The molecule has 0 aromatic heterocycles. The summed E-state index contributed by atoms with van der Waals surface area (Å²) in [5.41, 5.74) is 37.0. The van der Waals surface area contributed by atoms with Crippen LogP contribution in [-0.2, 0) is 0 Å². The molecule has 0 heterocycles. The first-order valence-electron chi connectivity index (χ1n) is 6.46. The van der Waals surface area contributed by atoms with E-state index in [4.69, 9.17) is 22.9 Å². The summed E-state index contributed by atoms with van der Waals surface area (Å²) in [6, 6.07) is 0. The summed E-state index contributed by atoms with van der Waals surface area (Å²) in [7, 11) is 0. The van der Waals surface area contributed by atoms with Gasteiger partial charge in [0.05, 0.1) is 37.0 Å². The third-order valence-electron chi connectivity index (χ3n) is 3.85. The lowest BCUT2D eigenvalue weighted by atomic mass is 9.89. The first-order valence-corrected chi connectivity index (χ1v) is 6.46. The van der Waals surface area contributed by atoms with Crippen molar-refractivity contribution in [2.75, 3.05) is 52.4 Å². The molecule has 0 aliphatic rings. The molecule has 20 N–H and O–H groups in total. The highest BCUT2D eigenvalue weighted by atomic mass is 35.5. The van der Waals surface area contributed by atoms with Crippen molar-refractivity contribution in [3.8, 4) is 0 Å². The summed E-state index contributed by atoms with van der Waals surface area (Å²) in [6.07, 6.45) is 0. The fraction of sp³-hybridized carbons (Fsp3) is 1.00. The quantitative estimate of drug-likeness (QED) is 0.196. The van der Waals surface area contributed by atoms with Gasteiger partial charge < -0.3 is 95.5 Å². The highest BCUT2D eigenvalue weighted by Crippen LogP contribution is 2.05. The van der Waals surface area contributed by atoms with Crippen LogP contribution in [0.25, 0.3) is 0 Å². The summed E-state index contributed by atoms with van der Waals surface area (Å²) < 4.78 is 0. The molecule has 0 fully saturated rings. The second-order valence-corrected chi connectivity index (χ2v) is 4.82. The highest BCUT2D eigenvalue weighted by molar-refractivity contribution is 4.78. The van der Waals surface area contributed by atoms with E-state index in [-0.39, 0.29) is 60.5 Å². The van der Waals surface area contributed by atoms with Crippen LogP contribution in [0, 0.1) is 10.8 Å². The van der Waals surface area contributed by atoms with Crippen molar-refractivity contribution >= 4 is 0 Å². The molecule has 0 aliphatic heterocycles. The summed E-state index contributed by atoms with van der Waals surface area (Å²) in [5, 5.41) is 0. The predicted octanol–water partition coefficient (Wildman–Crippen LogP) is -19.2. The van der Waals surface area contributed by atoms with Gasteiger partial charge in [-0.3, -0.25) is 0 Å². The van der Waals surface area contributed by atoms with Gasteiger partial charge in [-0.05, 0) is 0 Å². The lowest BCUT2D eigenvalue weighted by molar-refractivity contribution is -0.441. The molecule has 0 spiro atoms. The molecule has 12 heteroatoms. The molecule has 0 radical (unpaired) electrons. The number of hydrogen-bond acceptors (Lipinski definition) is 4. The molecule has 144 valence electrons. The normalized spacial score (nSPS) is 9.82. The van der Waals surface area contributed by atoms with E-state index >= 15 is 0 Å². The zero-order chi connectivity index (χ0) is 14.7. The van der Waals surface area contributed by atoms with E-state index in [0.717, 1.165) is 26.2 Å². The van der Waals surface area contributed by atoms with Crippen molar-refractivity contribution in [1.82, 2.24) is 0 Å². The Hall–Kier alpha value is 0.840. The summed E-state index contributed by atoms with van der Waals surface area (Å²) >= 11 is 0. The fourth-order valence-corrected chi connectivity index (χ4v) is 1.23. The van der Waals surface area contributed by atoms with Crippen molar-refractivity contribution in [1.29, 1.82) is 0 Å². The molecule has 0 saturated carbocycles. The van der Waals surface area contributed by atoms with Crippen LogP contribution in [0.4, 0.5) is 0 Å². The van der Waals surface area contributed by atoms with Crippen molar-refractivity contribution in [3.05, 3.63) is 0 Å². The molecule has 0 atom stereocenters. The summed E-state index contributed by atoms with van der Waals surface area (Å²) in [4.78, 5) is 0. The molecule has 0 amide bonds.